The van der Waals surface area contributed by atoms with Gasteiger partial charge in [-0.3, -0.25) is 4.79 Å². The molecule has 3 aromatic rings. The van der Waals surface area contributed by atoms with Crippen LogP contribution in [0.15, 0.2) is 72.8 Å². The number of nitrogen functional groups attached to an aromatic ring is 1. The van der Waals surface area contributed by atoms with E-state index in [0.717, 1.165) is 16.9 Å². The van der Waals surface area contributed by atoms with Crippen LogP contribution in [0.2, 0.25) is 0 Å². The van der Waals surface area contributed by atoms with Crippen LogP contribution < -0.4 is 11.1 Å². The summed E-state index contributed by atoms with van der Waals surface area (Å²) in [5.74, 6) is 0.00567. The molecule has 0 amide bonds. The lowest BCUT2D eigenvalue weighted by atomic mass is 10.0. The van der Waals surface area contributed by atoms with Crippen molar-refractivity contribution in [1.82, 2.24) is 0 Å². The lowest BCUT2D eigenvalue weighted by Gasteiger charge is -2.11. The highest BCUT2D eigenvalue weighted by molar-refractivity contribution is 6.09. The molecule has 0 aliphatic carbocycles. The van der Waals surface area contributed by atoms with Gasteiger partial charge in [0, 0.05) is 16.8 Å². The highest BCUT2D eigenvalue weighted by Crippen LogP contribution is 2.25. The zero-order valence-electron chi connectivity index (χ0n) is 12.9. The predicted molar refractivity (Wildman–Crippen MR) is 95.2 cm³/mol. The first-order valence-corrected chi connectivity index (χ1v) is 7.46. The van der Waals surface area contributed by atoms with Crippen molar-refractivity contribution in [3.8, 4) is 0 Å². The van der Waals surface area contributed by atoms with Gasteiger partial charge in [0.25, 0.3) is 0 Å². The fourth-order valence-electron chi connectivity index (χ4n) is 2.45. The SMILES string of the molecule is Cc1ccc(Nc2cccc(C(=O)c3ccccc3)c2)c(N)c1. The summed E-state index contributed by atoms with van der Waals surface area (Å²) in [6.45, 7) is 2.00. The summed E-state index contributed by atoms with van der Waals surface area (Å²) in [6.07, 6.45) is 0. The van der Waals surface area contributed by atoms with Crippen molar-refractivity contribution in [3.63, 3.8) is 0 Å². The number of benzene rings is 3. The Morgan fingerprint density at radius 1 is 0.870 bits per heavy atom. The molecule has 114 valence electrons. The van der Waals surface area contributed by atoms with Gasteiger partial charge in [-0.1, -0.05) is 48.5 Å². The van der Waals surface area contributed by atoms with E-state index >= 15 is 0 Å². The molecule has 0 radical (unpaired) electrons. The van der Waals surface area contributed by atoms with Crippen molar-refractivity contribution in [3.05, 3.63) is 89.5 Å². The first-order chi connectivity index (χ1) is 11.1. The molecular formula is C20H18N2O. The summed E-state index contributed by atoms with van der Waals surface area (Å²) in [5, 5.41) is 3.27. The molecule has 0 bridgehead atoms. The van der Waals surface area contributed by atoms with Gasteiger partial charge in [0.05, 0.1) is 11.4 Å². The van der Waals surface area contributed by atoms with Gasteiger partial charge in [0.15, 0.2) is 5.78 Å². The molecule has 23 heavy (non-hydrogen) atoms. The van der Waals surface area contributed by atoms with Crippen molar-refractivity contribution < 1.29 is 4.79 Å². The summed E-state index contributed by atoms with van der Waals surface area (Å²) < 4.78 is 0. The van der Waals surface area contributed by atoms with Gasteiger partial charge in [0.1, 0.15) is 0 Å². The molecular weight excluding hydrogens is 284 g/mol. The van der Waals surface area contributed by atoms with E-state index in [1.54, 1.807) is 0 Å². The second kappa shape index (κ2) is 6.36. The summed E-state index contributed by atoms with van der Waals surface area (Å²) in [5.41, 5.74) is 10.8. The van der Waals surface area contributed by atoms with Crippen LogP contribution in [0.1, 0.15) is 21.5 Å². The standard InChI is InChI=1S/C20H18N2O/c1-14-10-11-19(18(21)12-14)22-17-9-5-8-16(13-17)20(23)15-6-3-2-4-7-15/h2-13,22H,21H2,1H3. The zero-order chi connectivity index (χ0) is 16.2. The van der Waals surface area contributed by atoms with Crippen LogP contribution in [-0.4, -0.2) is 5.78 Å². The molecule has 0 saturated heterocycles. The third-order valence-corrected chi connectivity index (χ3v) is 3.65. The molecule has 0 aromatic heterocycles. The van der Waals surface area contributed by atoms with Gasteiger partial charge >= 0.3 is 0 Å². The lowest BCUT2D eigenvalue weighted by Crippen LogP contribution is -2.02. The largest absolute Gasteiger partial charge is 0.397 e. The summed E-state index contributed by atoms with van der Waals surface area (Å²) in [4.78, 5) is 12.5. The van der Waals surface area contributed by atoms with Gasteiger partial charge in [-0.25, -0.2) is 0 Å². The Morgan fingerprint density at radius 2 is 1.61 bits per heavy atom. The summed E-state index contributed by atoms with van der Waals surface area (Å²) in [7, 11) is 0. The average molecular weight is 302 g/mol. The van der Waals surface area contributed by atoms with Crippen molar-refractivity contribution in [1.29, 1.82) is 0 Å². The fourth-order valence-corrected chi connectivity index (χ4v) is 2.45. The molecule has 0 fully saturated rings. The van der Waals surface area contributed by atoms with Gasteiger partial charge in [-0.15, -0.1) is 0 Å². The van der Waals surface area contributed by atoms with Crippen LogP contribution in [0.5, 0.6) is 0 Å². The number of hydrogen-bond donors (Lipinski definition) is 2. The van der Waals surface area contributed by atoms with Crippen LogP contribution >= 0.6 is 0 Å². The minimum Gasteiger partial charge on any atom is -0.397 e. The maximum Gasteiger partial charge on any atom is 0.193 e. The van der Waals surface area contributed by atoms with Gasteiger partial charge in [-0.05, 0) is 36.8 Å². The smallest absolute Gasteiger partial charge is 0.193 e. The van der Waals surface area contributed by atoms with Gasteiger partial charge < -0.3 is 11.1 Å². The van der Waals surface area contributed by atoms with Crippen molar-refractivity contribution in [2.75, 3.05) is 11.1 Å². The Bertz CT molecular complexity index is 841. The van der Waals surface area contributed by atoms with Crippen molar-refractivity contribution in [2.45, 2.75) is 6.92 Å². The topological polar surface area (TPSA) is 55.1 Å². The number of aryl methyl sites for hydroxylation is 1. The average Bonchev–Trinajstić information content (AvgIpc) is 2.58. The van der Waals surface area contributed by atoms with Crippen LogP contribution in [0.3, 0.4) is 0 Å². The van der Waals surface area contributed by atoms with E-state index in [1.807, 2.05) is 79.7 Å². The Labute approximate surface area is 135 Å². The number of nitrogens with two attached hydrogens (primary N) is 1. The van der Waals surface area contributed by atoms with Crippen molar-refractivity contribution >= 4 is 22.8 Å². The predicted octanol–water partition coefficient (Wildman–Crippen LogP) is 4.55. The van der Waals surface area contributed by atoms with Gasteiger partial charge in [0.2, 0.25) is 0 Å². The van der Waals surface area contributed by atoms with Crippen LogP contribution in [0, 0.1) is 6.92 Å². The molecule has 0 saturated carbocycles. The fraction of sp³-hybridized carbons (Fsp3) is 0.0500. The van der Waals surface area contributed by atoms with E-state index in [1.165, 1.54) is 0 Å². The van der Waals surface area contributed by atoms with Crippen LogP contribution in [0.25, 0.3) is 0 Å². The van der Waals surface area contributed by atoms with E-state index in [0.29, 0.717) is 16.8 Å². The van der Waals surface area contributed by atoms with Gasteiger partial charge in [-0.2, -0.15) is 0 Å². The highest BCUT2D eigenvalue weighted by Gasteiger charge is 2.09. The molecule has 3 N–H and O–H groups in total. The van der Waals surface area contributed by atoms with E-state index in [9.17, 15) is 4.79 Å². The summed E-state index contributed by atoms with van der Waals surface area (Å²) in [6, 6.07) is 22.6. The Hall–Kier alpha value is -3.07. The first kappa shape index (κ1) is 14.9. The Morgan fingerprint density at radius 3 is 2.35 bits per heavy atom. The minimum absolute atomic E-state index is 0.00567. The molecule has 3 aromatic carbocycles. The van der Waals surface area contributed by atoms with Crippen LogP contribution in [-0.2, 0) is 0 Å². The first-order valence-electron chi connectivity index (χ1n) is 7.46. The second-order valence-electron chi connectivity index (χ2n) is 5.49. The maximum atomic E-state index is 12.5. The third-order valence-electron chi connectivity index (χ3n) is 3.65. The van der Waals surface area contributed by atoms with E-state index in [4.69, 9.17) is 5.73 Å². The summed E-state index contributed by atoms with van der Waals surface area (Å²) >= 11 is 0. The normalized spacial score (nSPS) is 10.3. The van der Waals surface area contributed by atoms with Crippen molar-refractivity contribution in [2.24, 2.45) is 0 Å². The van der Waals surface area contributed by atoms with E-state index < -0.39 is 0 Å². The number of carbonyl (C=O) groups excluding carboxylic acids is 1. The maximum absolute atomic E-state index is 12.5. The molecule has 3 nitrogen and oxygen atoms in total. The molecule has 0 heterocycles. The Balaban J connectivity index is 1.87. The number of nitrogens with one attached hydrogen (secondary N) is 1. The minimum atomic E-state index is 0.00567. The second-order valence-corrected chi connectivity index (χ2v) is 5.49. The molecule has 0 atom stereocenters. The molecule has 0 aliphatic rings. The Kier molecular flexibility index (Phi) is 4.11. The highest BCUT2D eigenvalue weighted by atomic mass is 16.1. The molecule has 3 heteroatoms. The zero-order valence-corrected chi connectivity index (χ0v) is 12.9. The lowest BCUT2D eigenvalue weighted by molar-refractivity contribution is 0.103. The molecule has 3 rings (SSSR count). The molecule has 0 unspecified atom stereocenters. The quantitative estimate of drug-likeness (QED) is 0.549. The van der Waals surface area contributed by atoms with Crippen LogP contribution in [0.4, 0.5) is 17.1 Å². The van der Waals surface area contributed by atoms with E-state index in [-0.39, 0.29) is 5.78 Å². The third kappa shape index (κ3) is 3.40. The monoisotopic (exact) mass is 302 g/mol. The number of anilines is 3. The van der Waals surface area contributed by atoms with E-state index in [2.05, 4.69) is 5.32 Å². The number of carbonyl (C=O) groups is 1. The number of hydrogen-bond acceptors (Lipinski definition) is 3. The molecule has 0 aliphatic heterocycles. The number of rotatable bonds is 4. The number of ketones is 1. The molecule has 0 spiro atoms.